The van der Waals surface area contributed by atoms with E-state index in [0.29, 0.717) is 5.41 Å². The van der Waals surface area contributed by atoms with E-state index >= 15 is 0 Å². The molecule has 134 valence electrons. The number of hydrogen-bond acceptors (Lipinski definition) is 0. The summed E-state index contributed by atoms with van der Waals surface area (Å²) in [6, 6.07) is 0. The van der Waals surface area contributed by atoms with Gasteiger partial charge in [0.2, 0.25) is 0 Å². The van der Waals surface area contributed by atoms with Crippen LogP contribution < -0.4 is 0 Å². The Morgan fingerprint density at radius 2 is 1.74 bits per heavy atom. The van der Waals surface area contributed by atoms with E-state index in [4.69, 9.17) is 0 Å². The standard InChI is InChI=1S/C23H42/c1-7-12-19-18(9-3)13-14-21-20(19)15-16-23(11-5,17(6)8-2)22(21)10-4/h8,18-22H,7,9-16H2,1-6H3/b17-8-. The molecule has 2 aliphatic carbocycles. The molecule has 2 aliphatic rings. The molecule has 0 aromatic heterocycles. The number of rotatable bonds is 6. The van der Waals surface area contributed by atoms with Gasteiger partial charge in [0.25, 0.3) is 0 Å². The molecule has 0 aromatic carbocycles. The zero-order chi connectivity index (χ0) is 17.0. The van der Waals surface area contributed by atoms with Crippen molar-refractivity contribution < 1.29 is 0 Å². The third-order valence-corrected chi connectivity index (χ3v) is 8.16. The summed E-state index contributed by atoms with van der Waals surface area (Å²) >= 11 is 0. The second-order valence-corrected chi connectivity index (χ2v) is 8.56. The topological polar surface area (TPSA) is 0 Å². The minimum absolute atomic E-state index is 0.514. The Labute approximate surface area is 146 Å². The van der Waals surface area contributed by atoms with Crippen LogP contribution >= 0.6 is 0 Å². The quantitative estimate of drug-likeness (QED) is 0.441. The SMILES string of the molecule is C/C=C(/C)C1(CC)CCC2C(CCC)C(CC)CCC2C1CC. The van der Waals surface area contributed by atoms with Gasteiger partial charge in [-0.05, 0) is 81.0 Å². The molecule has 23 heavy (non-hydrogen) atoms. The van der Waals surface area contributed by atoms with Gasteiger partial charge in [0.1, 0.15) is 0 Å². The van der Waals surface area contributed by atoms with E-state index in [0.717, 1.165) is 29.6 Å². The molecule has 0 heteroatoms. The summed E-state index contributed by atoms with van der Waals surface area (Å²) < 4.78 is 0. The molecule has 0 spiro atoms. The van der Waals surface area contributed by atoms with E-state index in [9.17, 15) is 0 Å². The smallest absolute Gasteiger partial charge is 0.00626 e. The maximum atomic E-state index is 2.47. The van der Waals surface area contributed by atoms with Crippen molar-refractivity contribution in [1.82, 2.24) is 0 Å². The zero-order valence-corrected chi connectivity index (χ0v) is 16.8. The highest BCUT2D eigenvalue weighted by Gasteiger charge is 2.51. The highest BCUT2D eigenvalue weighted by atomic mass is 14.6. The average Bonchev–Trinajstić information content (AvgIpc) is 2.60. The van der Waals surface area contributed by atoms with Gasteiger partial charge in [-0.3, -0.25) is 0 Å². The summed E-state index contributed by atoms with van der Waals surface area (Å²) in [5.74, 6) is 5.01. The van der Waals surface area contributed by atoms with Gasteiger partial charge in [-0.25, -0.2) is 0 Å². The molecule has 0 N–H and O–H groups in total. The van der Waals surface area contributed by atoms with E-state index in [2.05, 4.69) is 47.6 Å². The minimum atomic E-state index is 0.514. The first-order valence-electron chi connectivity index (χ1n) is 10.7. The molecule has 0 aliphatic heterocycles. The number of fused-ring (bicyclic) bond motifs is 1. The average molecular weight is 319 g/mol. The van der Waals surface area contributed by atoms with Crippen molar-refractivity contribution in [3.63, 3.8) is 0 Å². The van der Waals surface area contributed by atoms with Crippen molar-refractivity contribution in [2.45, 2.75) is 99.3 Å². The summed E-state index contributed by atoms with van der Waals surface area (Å²) in [5.41, 5.74) is 2.20. The third kappa shape index (κ3) is 3.29. The number of hydrogen-bond donors (Lipinski definition) is 0. The molecule has 2 fully saturated rings. The molecule has 0 amide bonds. The Morgan fingerprint density at radius 3 is 2.26 bits per heavy atom. The summed E-state index contributed by atoms with van der Waals surface area (Å²) in [5, 5.41) is 0. The van der Waals surface area contributed by atoms with Gasteiger partial charge in [-0.2, -0.15) is 0 Å². The fraction of sp³-hybridized carbons (Fsp3) is 0.913. The second kappa shape index (κ2) is 8.21. The normalized spacial score (nSPS) is 41.7. The van der Waals surface area contributed by atoms with Crippen LogP contribution in [0.2, 0.25) is 0 Å². The highest BCUT2D eigenvalue weighted by Crippen LogP contribution is 2.60. The lowest BCUT2D eigenvalue weighted by Crippen LogP contribution is -2.49. The Kier molecular flexibility index (Phi) is 6.81. The van der Waals surface area contributed by atoms with Crippen LogP contribution in [-0.4, -0.2) is 0 Å². The fourth-order valence-corrected chi connectivity index (χ4v) is 6.93. The summed E-state index contributed by atoms with van der Waals surface area (Å²) in [6.45, 7) is 14.5. The van der Waals surface area contributed by atoms with Gasteiger partial charge in [0, 0.05) is 0 Å². The van der Waals surface area contributed by atoms with Crippen LogP contribution in [-0.2, 0) is 0 Å². The van der Waals surface area contributed by atoms with Crippen LogP contribution in [0.1, 0.15) is 99.3 Å². The Balaban J connectivity index is 2.32. The summed E-state index contributed by atoms with van der Waals surface area (Å²) in [4.78, 5) is 0. The van der Waals surface area contributed by atoms with E-state index in [1.165, 1.54) is 57.8 Å². The highest BCUT2D eigenvalue weighted by molar-refractivity contribution is 5.17. The van der Waals surface area contributed by atoms with Crippen molar-refractivity contribution in [3.8, 4) is 0 Å². The van der Waals surface area contributed by atoms with Gasteiger partial charge in [0.15, 0.2) is 0 Å². The van der Waals surface area contributed by atoms with Gasteiger partial charge in [0.05, 0.1) is 0 Å². The van der Waals surface area contributed by atoms with Crippen molar-refractivity contribution in [2.75, 3.05) is 0 Å². The maximum Gasteiger partial charge on any atom is -0.00626 e. The molecule has 0 saturated heterocycles. The second-order valence-electron chi connectivity index (χ2n) is 8.56. The lowest BCUT2D eigenvalue weighted by atomic mass is 9.48. The minimum Gasteiger partial charge on any atom is -0.0882 e. The molecule has 0 nitrogen and oxygen atoms in total. The maximum absolute atomic E-state index is 2.47. The first-order chi connectivity index (χ1) is 11.1. The van der Waals surface area contributed by atoms with Crippen molar-refractivity contribution in [2.24, 2.45) is 35.0 Å². The Bertz CT molecular complexity index is 393. The predicted octanol–water partition coefficient (Wildman–Crippen LogP) is 7.64. The summed E-state index contributed by atoms with van der Waals surface area (Å²) in [6.07, 6.45) is 15.4. The monoisotopic (exact) mass is 318 g/mol. The van der Waals surface area contributed by atoms with Crippen LogP contribution in [0.15, 0.2) is 11.6 Å². The van der Waals surface area contributed by atoms with Crippen molar-refractivity contribution in [1.29, 1.82) is 0 Å². The molecule has 0 bridgehead atoms. The Morgan fingerprint density at radius 1 is 1.00 bits per heavy atom. The van der Waals surface area contributed by atoms with Crippen LogP contribution in [0.5, 0.6) is 0 Å². The fourth-order valence-electron chi connectivity index (χ4n) is 6.93. The predicted molar refractivity (Wildman–Crippen MR) is 104 cm³/mol. The Hall–Kier alpha value is -0.260. The molecule has 0 heterocycles. The van der Waals surface area contributed by atoms with Crippen LogP contribution in [0, 0.1) is 35.0 Å². The van der Waals surface area contributed by atoms with Crippen molar-refractivity contribution in [3.05, 3.63) is 11.6 Å². The molecule has 6 atom stereocenters. The van der Waals surface area contributed by atoms with Crippen LogP contribution in [0.4, 0.5) is 0 Å². The molecule has 0 radical (unpaired) electrons. The molecule has 2 rings (SSSR count). The first-order valence-corrected chi connectivity index (χ1v) is 10.7. The van der Waals surface area contributed by atoms with E-state index < -0.39 is 0 Å². The van der Waals surface area contributed by atoms with E-state index in [1.54, 1.807) is 5.57 Å². The molecule has 6 unspecified atom stereocenters. The third-order valence-electron chi connectivity index (χ3n) is 8.16. The van der Waals surface area contributed by atoms with Gasteiger partial charge < -0.3 is 0 Å². The van der Waals surface area contributed by atoms with Crippen molar-refractivity contribution >= 4 is 0 Å². The van der Waals surface area contributed by atoms with Gasteiger partial charge in [-0.15, -0.1) is 0 Å². The number of allylic oxidation sites excluding steroid dienone is 2. The van der Waals surface area contributed by atoms with Crippen LogP contribution in [0.3, 0.4) is 0 Å². The molecule has 0 aromatic rings. The zero-order valence-electron chi connectivity index (χ0n) is 16.8. The molecule has 2 saturated carbocycles. The van der Waals surface area contributed by atoms with Gasteiger partial charge in [-0.1, -0.05) is 65.0 Å². The van der Waals surface area contributed by atoms with Crippen LogP contribution in [0.25, 0.3) is 0 Å². The first kappa shape index (κ1) is 19.1. The molecular weight excluding hydrogens is 276 g/mol. The van der Waals surface area contributed by atoms with E-state index in [1.807, 2.05) is 0 Å². The molecular formula is C23H42. The summed E-state index contributed by atoms with van der Waals surface area (Å²) in [7, 11) is 0. The van der Waals surface area contributed by atoms with Gasteiger partial charge >= 0.3 is 0 Å². The van der Waals surface area contributed by atoms with E-state index in [-0.39, 0.29) is 0 Å². The largest absolute Gasteiger partial charge is 0.0882 e. The lowest BCUT2D eigenvalue weighted by Gasteiger charge is -2.57. The lowest BCUT2D eigenvalue weighted by molar-refractivity contribution is -0.0509.